The van der Waals surface area contributed by atoms with E-state index in [4.69, 9.17) is 11.6 Å². The molecule has 0 saturated carbocycles. The third-order valence-electron chi connectivity index (χ3n) is 3.82. The Bertz CT molecular complexity index is 1040. The summed E-state index contributed by atoms with van der Waals surface area (Å²) in [5.41, 5.74) is 1.80. The maximum absolute atomic E-state index is 12.1. The lowest BCUT2D eigenvalue weighted by molar-refractivity contribution is -0.116. The molecule has 0 fully saturated rings. The van der Waals surface area contributed by atoms with Crippen LogP contribution < -0.4 is 5.32 Å². The summed E-state index contributed by atoms with van der Waals surface area (Å²) in [5.74, 6) is -0.110. The first-order chi connectivity index (χ1) is 12.3. The molecule has 0 saturated heterocycles. The number of hydrogen-bond donors (Lipinski definition) is 1. The molecule has 0 bridgehead atoms. The van der Waals surface area contributed by atoms with Gasteiger partial charge in [-0.2, -0.15) is 0 Å². The first-order valence-corrected chi connectivity index (χ1v) is 11.0. The number of carbonyl (C=O) groups excluding carboxylic acids is 1. The number of carbonyl (C=O) groups is 1. The van der Waals surface area contributed by atoms with Gasteiger partial charge in [0.05, 0.1) is 15.1 Å². The molecule has 3 aromatic rings. The van der Waals surface area contributed by atoms with Gasteiger partial charge in [0.25, 0.3) is 0 Å². The highest BCUT2D eigenvalue weighted by atomic mass is 35.5. The van der Waals surface area contributed by atoms with Crippen molar-refractivity contribution in [2.24, 2.45) is 0 Å². The van der Waals surface area contributed by atoms with Gasteiger partial charge in [-0.1, -0.05) is 35.1 Å². The molecule has 0 unspecified atom stereocenters. The Morgan fingerprint density at radius 2 is 1.92 bits per heavy atom. The van der Waals surface area contributed by atoms with E-state index >= 15 is 0 Å². The molecule has 8 heteroatoms. The number of nitrogens with zero attached hydrogens (tertiary/aromatic N) is 1. The van der Waals surface area contributed by atoms with Crippen LogP contribution in [0.4, 0.5) is 5.13 Å². The predicted octanol–water partition coefficient (Wildman–Crippen LogP) is 4.31. The third kappa shape index (κ3) is 4.81. The number of amides is 1. The fourth-order valence-corrected chi connectivity index (χ4v) is 4.24. The molecule has 26 heavy (non-hydrogen) atoms. The summed E-state index contributed by atoms with van der Waals surface area (Å²) in [5, 5.41) is 3.95. The minimum atomic E-state index is -3.27. The normalized spacial score (nSPS) is 11.6. The van der Waals surface area contributed by atoms with Crippen LogP contribution >= 0.6 is 22.9 Å². The molecule has 1 N–H and O–H groups in total. The second-order valence-corrected chi connectivity index (χ2v) is 9.43. The second kappa shape index (κ2) is 7.73. The van der Waals surface area contributed by atoms with Crippen LogP contribution in [0.15, 0.2) is 47.4 Å². The van der Waals surface area contributed by atoms with E-state index in [9.17, 15) is 13.2 Å². The number of fused-ring (bicyclic) bond motifs is 1. The third-order valence-corrected chi connectivity index (χ3v) is 6.11. The fraction of sp³-hybridized carbons (Fsp3) is 0.222. The number of benzene rings is 2. The molecule has 0 spiro atoms. The molecule has 5 nitrogen and oxygen atoms in total. The lowest BCUT2D eigenvalue weighted by Gasteiger charge is -2.02. The van der Waals surface area contributed by atoms with Gasteiger partial charge in [-0.3, -0.25) is 4.79 Å². The zero-order valence-corrected chi connectivity index (χ0v) is 16.4. The summed E-state index contributed by atoms with van der Waals surface area (Å²) in [6.45, 7) is 0. The number of anilines is 1. The molecule has 136 valence electrons. The van der Waals surface area contributed by atoms with E-state index in [1.54, 1.807) is 12.1 Å². The molecule has 0 radical (unpaired) electrons. The van der Waals surface area contributed by atoms with Crippen LogP contribution in [0.1, 0.15) is 18.4 Å². The molecular weight excluding hydrogens is 392 g/mol. The van der Waals surface area contributed by atoms with E-state index in [1.807, 2.05) is 24.3 Å². The van der Waals surface area contributed by atoms with E-state index in [-0.39, 0.29) is 10.8 Å². The molecule has 0 aliphatic rings. The average Bonchev–Trinajstić information content (AvgIpc) is 2.97. The molecule has 0 aliphatic heterocycles. The summed E-state index contributed by atoms with van der Waals surface area (Å²) in [7, 11) is -3.27. The van der Waals surface area contributed by atoms with Gasteiger partial charge in [-0.15, -0.1) is 0 Å². The number of halogens is 1. The van der Waals surface area contributed by atoms with Crippen molar-refractivity contribution >= 4 is 54.0 Å². The smallest absolute Gasteiger partial charge is 0.226 e. The highest BCUT2D eigenvalue weighted by Crippen LogP contribution is 2.28. The summed E-state index contributed by atoms with van der Waals surface area (Å²) in [4.78, 5) is 16.7. The van der Waals surface area contributed by atoms with Gasteiger partial charge in [0.15, 0.2) is 15.0 Å². The minimum absolute atomic E-state index is 0.110. The summed E-state index contributed by atoms with van der Waals surface area (Å²) in [6.07, 6.45) is 3.06. The van der Waals surface area contributed by atoms with Crippen molar-refractivity contribution in [3.63, 3.8) is 0 Å². The highest BCUT2D eigenvalue weighted by molar-refractivity contribution is 7.90. The quantitative estimate of drug-likeness (QED) is 0.659. The maximum atomic E-state index is 12.1. The van der Waals surface area contributed by atoms with Crippen molar-refractivity contribution in [3.8, 4) is 0 Å². The maximum Gasteiger partial charge on any atom is 0.226 e. The number of hydrogen-bond acceptors (Lipinski definition) is 5. The number of aromatic nitrogens is 1. The van der Waals surface area contributed by atoms with Gasteiger partial charge in [-0.05, 0) is 48.7 Å². The summed E-state index contributed by atoms with van der Waals surface area (Å²) in [6, 6.07) is 12.3. The number of aryl methyl sites for hydroxylation is 1. The van der Waals surface area contributed by atoms with E-state index in [2.05, 4.69) is 10.3 Å². The molecular formula is C18H17ClN2O3S2. The molecule has 2 aromatic carbocycles. The van der Waals surface area contributed by atoms with E-state index < -0.39 is 9.84 Å². The summed E-state index contributed by atoms with van der Waals surface area (Å²) < 4.78 is 24.0. The lowest BCUT2D eigenvalue weighted by atomic mass is 10.1. The van der Waals surface area contributed by atoms with Gasteiger partial charge in [0.2, 0.25) is 5.91 Å². The Balaban J connectivity index is 1.59. The van der Waals surface area contributed by atoms with Crippen LogP contribution in [0, 0.1) is 0 Å². The van der Waals surface area contributed by atoms with Crippen LogP contribution in [0.2, 0.25) is 5.02 Å². The molecule has 1 heterocycles. The van der Waals surface area contributed by atoms with Gasteiger partial charge < -0.3 is 5.32 Å². The van der Waals surface area contributed by atoms with Gasteiger partial charge >= 0.3 is 0 Å². The highest BCUT2D eigenvalue weighted by Gasteiger charge is 2.12. The van der Waals surface area contributed by atoms with Crippen LogP contribution in [-0.2, 0) is 21.1 Å². The minimum Gasteiger partial charge on any atom is -0.302 e. The number of thiazole rings is 1. The average molecular weight is 409 g/mol. The Kier molecular flexibility index (Phi) is 5.60. The first kappa shape index (κ1) is 18.8. The predicted molar refractivity (Wildman–Crippen MR) is 106 cm³/mol. The van der Waals surface area contributed by atoms with Crippen molar-refractivity contribution in [2.45, 2.75) is 24.2 Å². The molecule has 3 rings (SSSR count). The second-order valence-electron chi connectivity index (χ2n) is 5.95. The van der Waals surface area contributed by atoms with Gasteiger partial charge in [-0.25, -0.2) is 13.4 Å². The number of rotatable bonds is 6. The fourth-order valence-electron chi connectivity index (χ4n) is 2.47. The zero-order valence-electron chi connectivity index (χ0n) is 14.0. The van der Waals surface area contributed by atoms with Gasteiger partial charge in [0.1, 0.15) is 0 Å². The van der Waals surface area contributed by atoms with Crippen molar-refractivity contribution in [3.05, 3.63) is 53.1 Å². The summed E-state index contributed by atoms with van der Waals surface area (Å²) >= 11 is 7.12. The standard InChI is InChI=1S/C18H17ClN2O3S2/c1-26(23,24)14-9-10-15-16(11-14)25-18(20-15)21-17(22)4-2-3-12-5-7-13(19)8-6-12/h5-11H,2-4H2,1H3,(H,20,21,22). The largest absolute Gasteiger partial charge is 0.302 e. The Morgan fingerprint density at radius 1 is 1.19 bits per heavy atom. The first-order valence-electron chi connectivity index (χ1n) is 7.96. The van der Waals surface area contributed by atoms with Crippen LogP contribution in [0.5, 0.6) is 0 Å². The van der Waals surface area contributed by atoms with Crippen molar-refractivity contribution in [1.29, 1.82) is 0 Å². The van der Waals surface area contributed by atoms with Crippen LogP contribution in [0.25, 0.3) is 10.2 Å². The molecule has 0 aliphatic carbocycles. The van der Waals surface area contributed by atoms with Crippen molar-refractivity contribution in [1.82, 2.24) is 4.98 Å². The van der Waals surface area contributed by atoms with Crippen LogP contribution in [0.3, 0.4) is 0 Å². The van der Waals surface area contributed by atoms with E-state index in [0.29, 0.717) is 22.1 Å². The molecule has 0 atom stereocenters. The monoisotopic (exact) mass is 408 g/mol. The molecule has 1 aromatic heterocycles. The van der Waals surface area contributed by atoms with E-state index in [1.165, 1.54) is 23.7 Å². The van der Waals surface area contributed by atoms with Crippen molar-refractivity contribution in [2.75, 3.05) is 11.6 Å². The zero-order chi connectivity index (χ0) is 18.7. The number of sulfone groups is 1. The lowest BCUT2D eigenvalue weighted by Crippen LogP contribution is -2.11. The van der Waals surface area contributed by atoms with Crippen LogP contribution in [-0.4, -0.2) is 25.6 Å². The number of nitrogens with one attached hydrogen (secondary N) is 1. The Morgan fingerprint density at radius 3 is 2.62 bits per heavy atom. The van der Waals surface area contributed by atoms with E-state index in [0.717, 1.165) is 23.1 Å². The van der Waals surface area contributed by atoms with Crippen molar-refractivity contribution < 1.29 is 13.2 Å². The topological polar surface area (TPSA) is 76.1 Å². The Labute approximate surface area is 160 Å². The van der Waals surface area contributed by atoms with Gasteiger partial charge in [0, 0.05) is 17.7 Å². The SMILES string of the molecule is CS(=O)(=O)c1ccc2nc(NC(=O)CCCc3ccc(Cl)cc3)sc2c1. The molecule has 1 amide bonds. The Hall–Kier alpha value is -1.96.